The highest BCUT2D eigenvalue weighted by Gasteiger charge is 2.17. The van der Waals surface area contributed by atoms with Crippen molar-refractivity contribution >= 4 is 22.6 Å². The third-order valence-electron chi connectivity index (χ3n) is 6.05. The van der Waals surface area contributed by atoms with Crippen molar-refractivity contribution in [1.82, 2.24) is 34.8 Å². The first kappa shape index (κ1) is 20.1. The summed E-state index contributed by atoms with van der Waals surface area (Å²) in [6.45, 7) is 3.17. The lowest BCUT2D eigenvalue weighted by Crippen LogP contribution is -2.46. The Morgan fingerprint density at radius 3 is 2.59 bits per heavy atom. The second-order valence-electron chi connectivity index (χ2n) is 8.15. The van der Waals surface area contributed by atoms with Crippen molar-refractivity contribution in [3.63, 3.8) is 0 Å². The molecule has 34 heavy (non-hydrogen) atoms. The standard InChI is InChI=1S/C26H21N7O/c34-26(32-13-11-27-12-14-32)20-3-1-18(2-4-20)21-6-8-24-29-15-22(33(24)17-21)7-5-19-9-10-28-25-23(19)16-30-31-25/h1-4,6,8-10,15-17,27H,11-14H2,(H,28,30,31). The summed E-state index contributed by atoms with van der Waals surface area (Å²) in [6, 6.07) is 13.7. The van der Waals surface area contributed by atoms with Crippen LogP contribution in [0.4, 0.5) is 0 Å². The van der Waals surface area contributed by atoms with Crippen LogP contribution >= 0.6 is 0 Å². The minimum absolute atomic E-state index is 0.0820. The number of piperazine rings is 1. The molecule has 0 aliphatic carbocycles. The van der Waals surface area contributed by atoms with Crippen LogP contribution in [0.1, 0.15) is 21.6 Å². The molecule has 1 aliphatic heterocycles. The van der Waals surface area contributed by atoms with Gasteiger partial charge in [-0.1, -0.05) is 18.1 Å². The molecule has 0 unspecified atom stereocenters. The third kappa shape index (κ3) is 3.68. The van der Waals surface area contributed by atoms with Crippen molar-refractivity contribution in [2.75, 3.05) is 26.2 Å². The van der Waals surface area contributed by atoms with Crippen LogP contribution in [0.25, 0.3) is 27.8 Å². The second-order valence-corrected chi connectivity index (χ2v) is 8.15. The first-order chi connectivity index (χ1) is 16.8. The molecule has 0 spiro atoms. The van der Waals surface area contributed by atoms with E-state index in [-0.39, 0.29) is 5.91 Å². The van der Waals surface area contributed by atoms with Crippen LogP contribution in [0.2, 0.25) is 0 Å². The number of nitrogens with one attached hydrogen (secondary N) is 2. The topological polar surface area (TPSA) is 91.2 Å². The van der Waals surface area contributed by atoms with Crippen LogP contribution in [-0.2, 0) is 0 Å². The van der Waals surface area contributed by atoms with Gasteiger partial charge in [-0.25, -0.2) is 9.97 Å². The van der Waals surface area contributed by atoms with E-state index in [1.54, 1.807) is 18.6 Å². The molecule has 5 heterocycles. The Bertz CT molecular complexity index is 1560. The first-order valence-electron chi connectivity index (χ1n) is 11.1. The third-order valence-corrected chi connectivity index (χ3v) is 6.05. The minimum atomic E-state index is 0.0820. The van der Waals surface area contributed by atoms with E-state index in [1.807, 2.05) is 58.0 Å². The second kappa shape index (κ2) is 8.46. The van der Waals surface area contributed by atoms with Gasteiger partial charge in [-0.05, 0) is 47.4 Å². The monoisotopic (exact) mass is 447 g/mol. The number of hydrogen-bond acceptors (Lipinski definition) is 5. The molecule has 0 radical (unpaired) electrons. The summed E-state index contributed by atoms with van der Waals surface area (Å²) >= 11 is 0. The van der Waals surface area contributed by atoms with E-state index in [9.17, 15) is 4.79 Å². The Balaban J connectivity index is 1.29. The van der Waals surface area contributed by atoms with Crippen LogP contribution < -0.4 is 5.32 Å². The summed E-state index contributed by atoms with van der Waals surface area (Å²) in [5, 5.41) is 11.1. The predicted octanol–water partition coefficient (Wildman–Crippen LogP) is 2.72. The molecule has 0 atom stereocenters. The van der Waals surface area contributed by atoms with Crippen molar-refractivity contribution in [2.45, 2.75) is 0 Å². The molecular weight excluding hydrogens is 426 g/mol. The molecule has 0 saturated carbocycles. The molecule has 0 bridgehead atoms. The number of aromatic amines is 1. The predicted molar refractivity (Wildman–Crippen MR) is 129 cm³/mol. The van der Waals surface area contributed by atoms with Gasteiger partial charge in [-0.3, -0.25) is 14.3 Å². The maximum absolute atomic E-state index is 12.7. The normalized spacial score (nSPS) is 13.7. The highest BCUT2D eigenvalue weighted by molar-refractivity contribution is 5.94. The molecule has 166 valence electrons. The lowest BCUT2D eigenvalue weighted by atomic mass is 10.0. The fraction of sp³-hybridized carbons (Fsp3) is 0.154. The maximum Gasteiger partial charge on any atom is 0.253 e. The van der Waals surface area contributed by atoms with Gasteiger partial charge in [0.1, 0.15) is 11.3 Å². The minimum Gasteiger partial charge on any atom is -0.336 e. The molecule has 1 aromatic carbocycles. The summed E-state index contributed by atoms with van der Waals surface area (Å²) < 4.78 is 1.98. The molecule has 2 N–H and O–H groups in total. The number of fused-ring (bicyclic) bond motifs is 2. The number of carbonyl (C=O) groups excluding carboxylic acids is 1. The van der Waals surface area contributed by atoms with Crippen molar-refractivity contribution in [1.29, 1.82) is 0 Å². The average molecular weight is 448 g/mol. The average Bonchev–Trinajstić information content (AvgIpc) is 3.55. The summed E-state index contributed by atoms with van der Waals surface area (Å²) in [6.07, 6.45) is 7.25. The number of nitrogens with zero attached hydrogens (tertiary/aromatic N) is 5. The summed E-state index contributed by atoms with van der Waals surface area (Å²) in [4.78, 5) is 23.4. The Kier molecular flexibility index (Phi) is 5.02. The molecule has 4 aromatic heterocycles. The quantitative estimate of drug-likeness (QED) is 0.406. The van der Waals surface area contributed by atoms with E-state index in [0.29, 0.717) is 11.2 Å². The SMILES string of the molecule is O=C(c1ccc(-c2ccc3ncc(C#Cc4ccnc5[nH]ncc45)n3c2)cc1)N1CCNCC1. The van der Waals surface area contributed by atoms with Crippen molar-refractivity contribution in [3.05, 3.63) is 84.1 Å². The van der Waals surface area contributed by atoms with Gasteiger partial charge in [-0.15, -0.1) is 0 Å². The van der Waals surface area contributed by atoms with Crippen LogP contribution in [0.15, 0.2) is 67.3 Å². The molecule has 1 aliphatic rings. The molecular formula is C26H21N7O. The number of H-pyrrole nitrogens is 1. The number of aromatic nitrogens is 5. The first-order valence-corrected chi connectivity index (χ1v) is 11.1. The van der Waals surface area contributed by atoms with Gasteiger partial charge in [0, 0.05) is 49.7 Å². The molecule has 6 rings (SSSR count). The summed E-state index contributed by atoms with van der Waals surface area (Å²) in [5.74, 6) is 6.53. The zero-order valence-corrected chi connectivity index (χ0v) is 18.3. The number of rotatable bonds is 2. The fourth-order valence-corrected chi connectivity index (χ4v) is 4.19. The van der Waals surface area contributed by atoms with Gasteiger partial charge in [0.2, 0.25) is 0 Å². The number of hydrogen-bond donors (Lipinski definition) is 2. The Morgan fingerprint density at radius 2 is 1.74 bits per heavy atom. The Morgan fingerprint density at radius 1 is 0.912 bits per heavy atom. The highest BCUT2D eigenvalue weighted by atomic mass is 16.2. The molecule has 8 nitrogen and oxygen atoms in total. The highest BCUT2D eigenvalue weighted by Crippen LogP contribution is 2.22. The number of pyridine rings is 2. The van der Waals surface area contributed by atoms with Gasteiger partial charge >= 0.3 is 0 Å². The van der Waals surface area contributed by atoms with Crippen molar-refractivity contribution in [2.24, 2.45) is 0 Å². The number of imidazole rings is 1. The van der Waals surface area contributed by atoms with E-state index in [2.05, 4.69) is 37.3 Å². The van der Waals surface area contributed by atoms with Crippen molar-refractivity contribution < 1.29 is 4.79 Å². The summed E-state index contributed by atoms with van der Waals surface area (Å²) in [5.41, 5.74) is 5.94. The zero-order chi connectivity index (χ0) is 22.9. The summed E-state index contributed by atoms with van der Waals surface area (Å²) in [7, 11) is 0. The van der Waals surface area contributed by atoms with E-state index in [1.165, 1.54) is 0 Å². The maximum atomic E-state index is 12.7. The van der Waals surface area contributed by atoms with Crippen LogP contribution in [0.5, 0.6) is 0 Å². The van der Waals surface area contributed by atoms with Crippen LogP contribution in [0.3, 0.4) is 0 Å². The molecule has 1 amide bonds. The molecule has 5 aromatic rings. The van der Waals surface area contributed by atoms with E-state index < -0.39 is 0 Å². The fourth-order valence-electron chi connectivity index (χ4n) is 4.19. The van der Waals surface area contributed by atoms with Gasteiger partial charge in [0.05, 0.1) is 17.8 Å². The van der Waals surface area contributed by atoms with Gasteiger partial charge < -0.3 is 10.2 Å². The Labute approximate surface area is 195 Å². The lowest BCUT2D eigenvalue weighted by molar-refractivity contribution is 0.0736. The van der Waals surface area contributed by atoms with Crippen molar-refractivity contribution in [3.8, 4) is 23.0 Å². The molecule has 1 saturated heterocycles. The van der Waals surface area contributed by atoms with Gasteiger partial charge in [-0.2, -0.15) is 5.10 Å². The van der Waals surface area contributed by atoms with Crippen LogP contribution in [0, 0.1) is 11.8 Å². The molecule has 8 heteroatoms. The van der Waals surface area contributed by atoms with E-state index in [4.69, 9.17) is 0 Å². The van der Waals surface area contributed by atoms with Gasteiger partial charge in [0.25, 0.3) is 5.91 Å². The largest absolute Gasteiger partial charge is 0.336 e. The van der Waals surface area contributed by atoms with Crippen LogP contribution in [-0.4, -0.2) is 61.6 Å². The number of amides is 1. The van der Waals surface area contributed by atoms with E-state index in [0.717, 1.165) is 59.6 Å². The number of benzene rings is 1. The number of carbonyl (C=O) groups is 1. The van der Waals surface area contributed by atoms with E-state index >= 15 is 0 Å². The smallest absolute Gasteiger partial charge is 0.253 e. The lowest BCUT2D eigenvalue weighted by Gasteiger charge is -2.27. The molecule has 1 fully saturated rings. The zero-order valence-electron chi connectivity index (χ0n) is 18.3. The Hall–Kier alpha value is -4.48. The van der Waals surface area contributed by atoms with Gasteiger partial charge in [0.15, 0.2) is 5.65 Å².